The summed E-state index contributed by atoms with van der Waals surface area (Å²) in [5, 5.41) is 0.934. The van der Waals surface area contributed by atoms with Gasteiger partial charge in [-0.2, -0.15) is 0 Å². The Morgan fingerprint density at radius 2 is 1.10 bits per heavy atom. The molecule has 0 saturated carbocycles. The van der Waals surface area contributed by atoms with Crippen LogP contribution in [0, 0.1) is 0 Å². The van der Waals surface area contributed by atoms with E-state index >= 15 is 0 Å². The molecule has 0 amide bonds. The zero-order valence-corrected chi connectivity index (χ0v) is 40.4. The molecule has 3 N–H and O–H groups in total. The number of hydrogen-bond donors (Lipinski definition) is 2. The largest absolute Gasteiger partial charge is 0.382 e. The van der Waals surface area contributed by atoms with E-state index in [-0.39, 0.29) is 19.3 Å². The van der Waals surface area contributed by atoms with Crippen molar-refractivity contribution in [3.63, 3.8) is 0 Å². The van der Waals surface area contributed by atoms with Crippen molar-refractivity contribution < 1.29 is 23.5 Å². The van der Waals surface area contributed by atoms with E-state index in [1.807, 2.05) is 24.3 Å². The molecule has 2 atom stereocenters. The van der Waals surface area contributed by atoms with Crippen LogP contribution in [0.25, 0.3) is 21.9 Å². The number of pyridine rings is 1. The molecule has 2 heterocycles. The molecule has 0 spiro atoms. The Hall–Kier alpha value is -2.03. The van der Waals surface area contributed by atoms with E-state index in [4.69, 9.17) is 24.7 Å². The van der Waals surface area contributed by atoms with Crippen molar-refractivity contribution in [1.82, 2.24) is 14.5 Å². The van der Waals surface area contributed by atoms with E-state index in [1.165, 1.54) is 161 Å². The lowest BCUT2D eigenvalue weighted by Crippen LogP contribution is -2.26. The van der Waals surface area contributed by atoms with E-state index in [1.54, 1.807) is 0 Å². The third kappa shape index (κ3) is 23.5. The van der Waals surface area contributed by atoms with E-state index in [2.05, 4.69) is 30.3 Å². The molecule has 0 bridgehead atoms. The molecule has 0 aliphatic carbocycles. The van der Waals surface area contributed by atoms with Crippen molar-refractivity contribution in [1.29, 1.82) is 0 Å². The minimum atomic E-state index is -3.97. The number of anilines is 1. The molecule has 10 heteroatoms. The van der Waals surface area contributed by atoms with Crippen molar-refractivity contribution in [2.75, 3.05) is 38.3 Å². The first-order valence-corrected chi connectivity index (χ1v) is 27.3. The van der Waals surface area contributed by atoms with Crippen molar-refractivity contribution in [3.8, 4) is 0 Å². The lowest BCUT2D eigenvalue weighted by atomic mass is 10.0. The molecule has 1 aromatic carbocycles. The normalized spacial score (nSPS) is 13.4. The minimum absolute atomic E-state index is 0.0261. The van der Waals surface area contributed by atoms with Gasteiger partial charge >= 0.3 is 7.60 Å². The highest BCUT2D eigenvalue weighted by Gasteiger charge is 2.25. The van der Waals surface area contributed by atoms with E-state index < -0.39 is 13.7 Å². The van der Waals surface area contributed by atoms with E-state index in [9.17, 15) is 9.46 Å². The second-order valence-corrected chi connectivity index (χ2v) is 19.9. The van der Waals surface area contributed by atoms with E-state index in [0.717, 1.165) is 60.8 Å². The lowest BCUT2D eigenvalue weighted by Gasteiger charge is -2.21. The van der Waals surface area contributed by atoms with Gasteiger partial charge in [-0.15, -0.1) is 0 Å². The number of unbranched alkanes of at least 4 members (excludes halogenated alkanes) is 27. The number of hydrogen-bond acceptors (Lipinski definition) is 7. The number of nitrogens with two attached hydrogens (primary N) is 1. The van der Waals surface area contributed by atoms with Gasteiger partial charge in [-0.3, -0.25) is 4.57 Å². The molecule has 0 saturated heterocycles. The standard InChI is InChI=1S/C51H91N4O5P/c1-4-7-10-12-14-16-18-20-22-24-26-28-30-34-40-58-43-45(59-41-35-31-29-27-25-23-21-19-17-15-13-11-8-5-2)44-60-61(56,57)42-39-55-48(38-9-6-3)54-49-50(55)46-36-32-33-37-47(46)53-51(49)52/h32-33,36-37,45H,4-31,34-35,38-44H2,1-3H3,(H2,52,53)(H,56,57)/t45-/m1/s1. The summed E-state index contributed by atoms with van der Waals surface area (Å²) < 4.78 is 33.9. The number of nitrogens with zero attached hydrogens (tertiary/aromatic N) is 3. The van der Waals surface area contributed by atoms with Crippen LogP contribution in [0.2, 0.25) is 0 Å². The average molecular weight is 871 g/mol. The molecule has 0 fully saturated rings. The lowest BCUT2D eigenvalue weighted by molar-refractivity contribution is -0.0403. The summed E-state index contributed by atoms with van der Waals surface area (Å²) in [4.78, 5) is 20.6. The van der Waals surface area contributed by atoms with Crippen LogP contribution in [0.5, 0.6) is 0 Å². The first kappa shape index (κ1) is 53.3. The highest BCUT2D eigenvalue weighted by Crippen LogP contribution is 2.43. The average Bonchev–Trinajstić information content (AvgIpc) is 3.64. The molecule has 61 heavy (non-hydrogen) atoms. The number of benzene rings is 1. The number of nitrogen functional groups attached to an aromatic ring is 1. The van der Waals surface area contributed by atoms with Crippen molar-refractivity contribution >= 4 is 35.3 Å². The Morgan fingerprint density at radius 1 is 0.623 bits per heavy atom. The number of imidazole rings is 1. The van der Waals surface area contributed by atoms with Crippen LogP contribution in [-0.4, -0.2) is 58.1 Å². The monoisotopic (exact) mass is 871 g/mol. The van der Waals surface area contributed by atoms with Crippen LogP contribution in [0.3, 0.4) is 0 Å². The highest BCUT2D eigenvalue weighted by molar-refractivity contribution is 7.52. The third-order valence-corrected chi connectivity index (χ3v) is 13.6. The summed E-state index contributed by atoms with van der Waals surface area (Å²) in [5.41, 5.74) is 8.68. The summed E-state index contributed by atoms with van der Waals surface area (Å²) in [5.74, 6) is 1.23. The first-order valence-electron chi connectivity index (χ1n) is 25.6. The number of ether oxygens (including phenoxy) is 2. The van der Waals surface area contributed by atoms with Gasteiger partial charge in [0.05, 0.1) is 30.4 Å². The maximum Gasteiger partial charge on any atom is 0.330 e. The van der Waals surface area contributed by atoms with Gasteiger partial charge in [0, 0.05) is 31.6 Å². The highest BCUT2D eigenvalue weighted by atomic mass is 31.2. The number of rotatable bonds is 42. The van der Waals surface area contributed by atoms with Crippen LogP contribution in [0.4, 0.5) is 5.82 Å². The van der Waals surface area contributed by atoms with Crippen LogP contribution >= 0.6 is 7.60 Å². The molecule has 3 aromatic rings. The molecule has 3 rings (SSSR count). The fourth-order valence-corrected chi connectivity index (χ4v) is 9.45. The summed E-state index contributed by atoms with van der Waals surface area (Å²) in [6, 6.07) is 7.87. The summed E-state index contributed by atoms with van der Waals surface area (Å²) >= 11 is 0. The fourth-order valence-electron chi connectivity index (χ4n) is 8.47. The molecule has 350 valence electrons. The summed E-state index contributed by atoms with van der Waals surface area (Å²) in [7, 11) is -3.97. The maximum absolute atomic E-state index is 13.6. The number of para-hydroxylation sites is 1. The van der Waals surface area contributed by atoms with Crippen LogP contribution in [-0.2, 0) is 31.5 Å². The Labute approximate surface area is 373 Å². The smallest absolute Gasteiger partial charge is 0.330 e. The van der Waals surface area contributed by atoms with Gasteiger partial charge in [-0.1, -0.05) is 212 Å². The predicted octanol–water partition coefficient (Wildman–Crippen LogP) is 15.1. The zero-order valence-electron chi connectivity index (χ0n) is 39.5. The summed E-state index contributed by atoms with van der Waals surface area (Å²) in [6.07, 6.45) is 39.2. The van der Waals surface area contributed by atoms with Crippen LogP contribution in [0.1, 0.15) is 219 Å². The van der Waals surface area contributed by atoms with Gasteiger partial charge in [-0.05, 0) is 25.3 Å². The Balaban J connectivity index is 1.42. The van der Waals surface area contributed by atoms with Crippen LogP contribution < -0.4 is 5.73 Å². The molecule has 1 unspecified atom stereocenters. The second-order valence-electron chi connectivity index (χ2n) is 17.9. The number of aromatic nitrogens is 3. The van der Waals surface area contributed by atoms with Gasteiger partial charge in [0.15, 0.2) is 5.82 Å². The molecular formula is C51H91N4O5P. The maximum atomic E-state index is 13.6. The fraction of sp³-hybridized carbons (Fsp3) is 0.804. The predicted molar refractivity (Wildman–Crippen MR) is 260 cm³/mol. The van der Waals surface area contributed by atoms with Crippen molar-refractivity contribution in [3.05, 3.63) is 30.1 Å². The number of aryl methyl sites for hydroxylation is 2. The van der Waals surface area contributed by atoms with E-state index in [0.29, 0.717) is 31.2 Å². The Kier molecular flexibility index (Phi) is 30.1. The number of fused-ring (bicyclic) bond motifs is 3. The van der Waals surface area contributed by atoms with Gasteiger partial charge in [0.1, 0.15) is 17.4 Å². The second kappa shape index (κ2) is 34.4. The first-order chi connectivity index (χ1) is 29.9. The molecule has 0 aliphatic heterocycles. The molecule has 0 radical (unpaired) electrons. The quantitative estimate of drug-likeness (QED) is 0.0426. The molecule has 2 aromatic heterocycles. The zero-order chi connectivity index (χ0) is 43.6. The summed E-state index contributed by atoms with van der Waals surface area (Å²) in [6.45, 7) is 8.67. The molecule has 9 nitrogen and oxygen atoms in total. The Bertz CT molecular complexity index is 1570. The van der Waals surface area contributed by atoms with Gasteiger partial charge in [0.25, 0.3) is 0 Å². The van der Waals surface area contributed by atoms with Crippen molar-refractivity contribution in [2.45, 2.75) is 232 Å². The Morgan fingerprint density at radius 3 is 1.62 bits per heavy atom. The van der Waals surface area contributed by atoms with Crippen LogP contribution in [0.15, 0.2) is 24.3 Å². The molecular weight excluding hydrogens is 780 g/mol. The van der Waals surface area contributed by atoms with Gasteiger partial charge < -0.3 is 29.2 Å². The third-order valence-electron chi connectivity index (χ3n) is 12.3. The minimum Gasteiger partial charge on any atom is -0.382 e. The topological polar surface area (TPSA) is 122 Å². The van der Waals surface area contributed by atoms with Gasteiger partial charge in [-0.25, -0.2) is 9.97 Å². The van der Waals surface area contributed by atoms with Gasteiger partial charge in [0.2, 0.25) is 0 Å². The van der Waals surface area contributed by atoms with Crippen molar-refractivity contribution in [2.24, 2.45) is 0 Å². The SMILES string of the molecule is CCCCCCCCCCCCCCCCOC[C@H](COP(=O)(O)CCn1c(CCCC)nc2c(N)nc3ccccc3c21)OCCCCCCCCCCCCCCCC. The molecule has 0 aliphatic rings.